The number of ether oxygens (including phenoxy) is 1. The highest BCUT2D eigenvalue weighted by molar-refractivity contribution is 6.33. The van der Waals surface area contributed by atoms with Crippen LogP contribution in [0.3, 0.4) is 0 Å². The molecule has 28 heavy (non-hydrogen) atoms. The number of aliphatic carboxylic acids is 1. The van der Waals surface area contributed by atoms with Crippen LogP contribution in [-0.4, -0.2) is 22.8 Å². The molecule has 0 atom stereocenters. The van der Waals surface area contributed by atoms with Gasteiger partial charge in [-0.3, -0.25) is 9.59 Å². The van der Waals surface area contributed by atoms with E-state index in [0.717, 1.165) is 24.8 Å². The van der Waals surface area contributed by atoms with Gasteiger partial charge in [-0.2, -0.15) is 0 Å². The molecule has 0 fully saturated rings. The van der Waals surface area contributed by atoms with Crippen LogP contribution in [0.15, 0.2) is 41.2 Å². The molecule has 4 rings (SSSR count). The fourth-order valence-corrected chi connectivity index (χ4v) is 4.23. The predicted molar refractivity (Wildman–Crippen MR) is 111 cm³/mol. The van der Waals surface area contributed by atoms with Crippen molar-refractivity contribution < 1.29 is 14.6 Å². The summed E-state index contributed by atoms with van der Waals surface area (Å²) in [5.74, 6) is -0.697. The first-order valence-corrected chi connectivity index (χ1v) is 9.63. The number of methoxy groups -OCH3 is 1. The van der Waals surface area contributed by atoms with Crippen LogP contribution in [0.2, 0.25) is 5.02 Å². The molecule has 0 aliphatic heterocycles. The largest absolute Gasteiger partial charge is 0.493 e. The van der Waals surface area contributed by atoms with Crippen molar-refractivity contribution in [2.75, 3.05) is 7.11 Å². The normalized spacial score (nSPS) is 14.3. The SMILES string of the molecule is COc1c(Cl)ccc2c(=O)c3ccc(C4=CCCCC4)cc3n(CC(=O)O)c12. The number of carboxylic acid groups (broad SMARTS) is 1. The van der Waals surface area contributed by atoms with Crippen molar-refractivity contribution in [3.05, 3.63) is 57.2 Å². The highest BCUT2D eigenvalue weighted by Gasteiger charge is 2.19. The lowest BCUT2D eigenvalue weighted by atomic mass is 9.93. The molecule has 0 radical (unpaired) electrons. The van der Waals surface area contributed by atoms with Gasteiger partial charge in [0.05, 0.1) is 28.6 Å². The Balaban J connectivity index is 2.13. The Morgan fingerprint density at radius 2 is 2.00 bits per heavy atom. The molecule has 1 aromatic heterocycles. The van der Waals surface area contributed by atoms with Crippen molar-refractivity contribution >= 4 is 44.9 Å². The number of halogens is 1. The summed E-state index contributed by atoms with van der Waals surface area (Å²) in [6.45, 7) is -0.299. The monoisotopic (exact) mass is 397 g/mol. The van der Waals surface area contributed by atoms with E-state index in [9.17, 15) is 14.7 Å². The van der Waals surface area contributed by atoms with Gasteiger partial charge in [-0.05, 0) is 61.1 Å². The highest BCUT2D eigenvalue weighted by Crippen LogP contribution is 2.35. The molecule has 1 aliphatic rings. The van der Waals surface area contributed by atoms with E-state index >= 15 is 0 Å². The van der Waals surface area contributed by atoms with Crippen molar-refractivity contribution in [1.82, 2.24) is 4.57 Å². The molecule has 6 heteroatoms. The second kappa shape index (κ2) is 7.32. The molecule has 5 nitrogen and oxygen atoms in total. The number of hydrogen-bond donors (Lipinski definition) is 1. The molecular weight excluding hydrogens is 378 g/mol. The van der Waals surface area contributed by atoms with Gasteiger partial charge in [0.25, 0.3) is 0 Å². The quantitative estimate of drug-likeness (QED) is 0.638. The first-order chi connectivity index (χ1) is 13.5. The van der Waals surface area contributed by atoms with E-state index in [2.05, 4.69) is 6.08 Å². The standard InChI is InChI=1S/C22H20ClNO4/c1-28-22-17(23)10-9-16-20(22)24(12-19(25)26)18-11-14(7-8-15(18)21(16)27)13-5-3-2-4-6-13/h5,7-11H,2-4,6,12H2,1H3,(H,25,26). The Kier molecular flexibility index (Phi) is 4.85. The maximum atomic E-state index is 13.1. The first-order valence-electron chi connectivity index (χ1n) is 9.25. The minimum absolute atomic E-state index is 0.161. The lowest BCUT2D eigenvalue weighted by molar-refractivity contribution is -0.137. The molecule has 0 saturated carbocycles. The Labute approximate surface area is 166 Å². The van der Waals surface area contributed by atoms with Gasteiger partial charge in [0, 0.05) is 5.39 Å². The van der Waals surface area contributed by atoms with Gasteiger partial charge in [-0.25, -0.2) is 0 Å². The minimum atomic E-state index is -1.00. The zero-order chi connectivity index (χ0) is 19.8. The summed E-state index contributed by atoms with van der Waals surface area (Å²) in [4.78, 5) is 24.7. The molecule has 1 aliphatic carbocycles. The van der Waals surface area contributed by atoms with Gasteiger partial charge in [-0.15, -0.1) is 0 Å². The van der Waals surface area contributed by atoms with Gasteiger partial charge in [0.1, 0.15) is 6.54 Å². The van der Waals surface area contributed by atoms with E-state index in [0.29, 0.717) is 32.6 Å². The number of benzene rings is 2. The number of aromatic nitrogens is 1. The van der Waals surface area contributed by atoms with Crippen molar-refractivity contribution in [3.8, 4) is 5.75 Å². The van der Waals surface area contributed by atoms with E-state index in [-0.39, 0.29) is 12.0 Å². The smallest absolute Gasteiger partial charge is 0.323 e. The Bertz CT molecular complexity index is 1190. The number of carbonyl (C=O) groups is 1. The fraction of sp³-hybridized carbons (Fsp3) is 0.273. The Hall–Kier alpha value is -2.79. The summed E-state index contributed by atoms with van der Waals surface area (Å²) < 4.78 is 7.05. The molecule has 0 saturated heterocycles. The topological polar surface area (TPSA) is 68.5 Å². The van der Waals surface area contributed by atoms with Crippen LogP contribution in [0.5, 0.6) is 5.75 Å². The number of pyridine rings is 1. The van der Waals surface area contributed by atoms with E-state index in [1.807, 2.05) is 12.1 Å². The van der Waals surface area contributed by atoms with Gasteiger partial charge >= 0.3 is 5.97 Å². The number of rotatable bonds is 4. The van der Waals surface area contributed by atoms with Crippen LogP contribution in [0.4, 0.5) is 0 Å². The lowest BCUT2D eigenvalue weighted by Gasteiger charge is -2.18. The predicted octanol–water partition coefficient (Wildman–Crippen LogP) is 4.86. The maximum absolute atomic E-state index is 13.1. The second-order valence-electron chi connectivity index (χ2n) is 6.99. The molecule has 3 aromatic rings. The van der Waals surface area contributed by atoms with E-state index < -0.39 is 5.97 Å². The summed E-state index contributed by atoms with van der Waals surface area (Å²) in [7, 11) is 1.46. The summed E-state index contributed by atoms with van der Waals surface area (Å²) in [6, 6.07) is 8.88. The third-order valence-electron chi connectivity index (χ3n) is 5.29. The zero-order valence-electron chi connectivity index (χ0n) is 15.5. The molecule has 0 amide bonds. The second-order valence-corrected chi connectivity index (χ2v) is 7.40. The molecule has 1 N–H and O–H groups in total. The third kappa shape index (κ3) is 3.06. The molecule has 0 spiro atoms. The number of allylic oxidation sites excluding steroid dienone is 2. The first kappa shape index (κ1) is 18.6. The summed E-state index contributed by atoms with van der Waals surface area (Å²) in [5.41, 5.74) is 3.08. The minimum Gasteiger partial charge on any atom is -0.493 e. The molecule has 0 unspecified atom stereocenters. The van der Waals surface area contributed by atoms with Crippen molar-refractivity contribution in [1.29, 1.82) is 0 Å². The average Bonchev–Trinajstić information content (AvgIpc) is 2.71. The van der Waals surface area contributed by atoms with Crippen molar-refractivity contribution in [3.63, 3.8) is 0 Å². The molecule has 2 aromatic carbocycles. The van der Waals surface area contributed by atoms with Crippen molar-refractivity contribution in [2.24, 2.45) is 0 Å². The van der Waals surface area contributed by atoms with Crippen molar-refractivity contribution in [2.45, 2.75) is 32.2 Å². The van der Waals surface area contributed by atoms with Gasteiger partial charge < -0.3 is 14.4 Å². The van der Waals surface area contributed by atoms with E-state index in [1.54, 1.807) is 22.8 Å². The summed E-state index contributed by atoms with van der Waals surface area (Å²) >= 11 is 6.27. The van der Waals surface area contributed by atoms with Crippen LogP contribution in [0.1, 0.15) is 31.2 Å². The number of hydrogen-bond acceptors (Lipinski definition) is 3. The third-order valence-corrected chi connectivity index (χ3v) is 5.59. The lowest BCUT2D eigenvalue weighted by Crippen LogP contribution is -2.17. The molecule has 144 valence electrons. The van der Waals surface area contributed by atoms with Gasteiger partial charge in [0.2, 0.25) is 0 Å². The molecule has 1 heterocycles. The van der Waals surface area contributed by atoms with Crippen LogP contribution >= 0.6 is 11.6 Å². The van der Waals surface area contributed by atoms with Crippen LogP contribution < -0.4 is 10.2 Å². The summed E-state index contributed by atoms with van der Waals surface area (Å²) in [5, 5.41) is 10.7. The zero-order valence-corrected chi connectivity index (χ0v) is 16.3. The number of nitrogens with zero attached hydrogens (tertiary/aromatic N) is 1. The van der Waals surface area contributed by atoms with Crippen LogP contribution in [-0.2, 0) is 11.3 Å². The average molecular weight is 398 g/mol. The van der Waals surface area contributed by atoms with Crippen LogP contribution in [0.25, 0.3) is 27.4 Å². The summed E-state index contributed by atoms with van der Waals surface area (Å²) in [6.07, 6.45) is 6.56. The van der Waals surface area contributed by atoms with Crippen LogP contribution in [0, 0.1) is 0 Å². The molecule has 0 bridgehead atoms. The Morgan fingerprint density at radius 1 is 1.21 bits per heavy atom. The maximum Gasteiger partial charge on any atom is 0.323 e. The van der Waals surface area contributed by atoms with Gasteiger partial charge in [0.15, 0.2) is 11.2 Å². The Morgan fingerprint density at radius 3 is 2.68 bits per heavy atom. The number of carboxylic acids is 1. The molecular formula is C22H20ClNO4. The fourth-order valence-electron chi connectivity index (χ4n) is 4.00. The highest BCUT2D eigenvalue weighted by atomic mass is 35.5. The van der Waals surface area contributed by atoms with E-state index in [1.165, 1.54) is 19.1 Å². The van der Waals surface area contributed by atoms with E-state index in [4.69, 9.17) is 16.3 Å². The van der Waals surface area contributed by atoms with Gasteiger partial charge in [-0.1, -0.05) is 23.7 Å². The number of fused-ring (bicyclic) bond motifs is 2.